The largest absolute Gasteiger partial charge is 0.279 e. The Morgan fingerprint density at radius 1 is 1.38 bits per heavy atom. The highest BCUT2D eigenvalue weighted by molar-refractivity contribution is 9.10. The summed E-state index contributed by atoms with van der Waals surface area (Å²) in [5.74, 6) is 0.402. The predicted molar refractivity (Wildman–Crippen MR) is 84.5 cm³/mol. The molecule has 0 radical (unpaired) electrons. The fourth-order valence-corrected chi connectivity index (χ4v) is 3.13. The van der Waals surface area contributed by atoms with Crippen molar-refractivity contribution >= 4 is 38.7 Å². The van der Waals surface area contributed by atoms with Crippen LogP contribution in [0.1, 0.15) is 23.8 Å². The van der Waals surface area contributed by atoms with E-state index in [1.165, 1.54) is 12.1 Å². The van der Waals surface area contributed by atoms with E-state index < -0.39 is 0 Å². The molecule has 0 fully saturated rings. The maximum Gasteiger partial charge on any atom is 0.163 e. The first kappa shape index (κ1) is 14.5. The van der Waals surface area contributed by atoms with Gasteiger partial charge in [-0.25, -0.2) is 14.1 Å². The van der Waals surface area contributed by atoms with E-state index in [-0.39, 0.29) is 11.2 Å². The number of alkyl halides is 1. The lowest BCUT2D eigenvalue weighted by atomic mass is 10.3. The Hall–Kier alpha value is -1.40. The first-order valence-corrected chi connectivity index (χ1v) is 7.64. The zero-order chi connectivity index (χ0) is 15.3. The average molecular weight is 372 g/mol. The van der Waals surface area contributed by atoms with Crippen molar-refractivity contribution in [3.05, 3.63) is 40.0 Å². The fraction of sp³-hybridized carbons (Fsp3) is 0.286. The molecule has 1 atom stereocenters. The van der Waals surface area contributed by atoms with Gasteiger partial charge in [-0.05, 0) is 48.0 Å². The summed E-state index contributed by atoms with van der Waals surface area (Å²) < 4.78 is 17.7. The molecule has 0 saturated carbocycles. The molecule has 0 N–H and O–H groups in total. The molecule has 2 aromatic heterocycles. The standard InChI is InChI=1S/C14H13BrClFN4/c1-7(16)13-18-12-8(2)19-20(3)14(12)21(13)11-5-4-9(17)6-10(11)15/h4-7H,1-3H3. The first-order valence-electron chi connectivity index (χ1n) is 6.41. The van der Waals surface area contributed by atoms with E-state index >= 15 is 0 Å². The zero-order valence-electron chi connectivity index (χ0n) is 11.7. The van der Waals surface area contributed by atoms with E-state index in [0.29, 0.717) is 10.3 Å². The third-order valence-corrected chi connectivity index (χ3v) is 4.17. The van der Waals surface area contributed by atoms with E-state index in [1.54, 1.807) is 10.7 Å². The van der Waals surface area contributed by atoms with Crippen molar-refractivity contribution in [1.82, 2.24) is 19.3 Å². The Kier molecular flexibility index (Phi) is 3.53. The van der Waals surface area contributed by atoms with Gasteiger partial charge in [-0.2, -0.15) is 5.10 Å². The summed E-state index contributed by atoms with van der Waals surface area (Å²) in [5, 5.41) is 4.10. The summed E-state index contributed by atoms with van der Waals surface area (Å²) in [6.07, 6.45) is 0. The smallest absolute Gasteiger partial charge is 0.163 e. The third kappa shape index (κ3) is 2.26. The Morgan fingerprint density at radius 2 is 2.10 bits per heavy atom. The van der Waals surface area contributed by atoms with Crippen LogP contribution in [-0.2, 0) is 7.05 Å². The van der Waals surface area contributed by atoms with Crippen LogP contribution in [0.5, 0.6) is 0 Å². The van der Waals surface area contributed by atoms with Crippen LogP contribution >= 0.6 is 27.5 Å². The zero-order valence-corrected chi connectivity index (χ0v) is 14.1. The van der Waals surface area contributed by atoms with Crippen LogP contribution in [0.3, 0.4) is 0 Å². The van der Waals surface area contributed by atoms with Gasteiger partial charge in [-0.15, -0.1) is 11.6 Å². The summed E-state index contributed by atoms with van der Waals surface area (Å²) in [6.45, 7) is 3.77. The van der Waals surface area contributed by atoms with Gasteiger partial charge in [0.1, 0.15) is 17.2 Å². The second kappa shape index (κ2) is 5.10. The van der Waals surface area contributed by atoms with Gasteiger partial charge in [-0.3, -0.25) is 4.57 Å². The number of hydrogen-bond donors (Lipinski definition) is 0. The topological polar surface area (TPSA) is 35.6 Å². The molecule has 0 spiro atoms. The minimum Gasteiger partial charge on any atom is -0.279 e. The number of nitrogens with zero attached hydrogens (tertiary/aromatic N) is 4. The lowest BCUT2D eigenvalue weighted by molar-refractivity contribution is 0.626. The molecule has 0 aliphatic rings. The third-order valence-electron chi connectivity index (χ3n) is 3.33. The van der Waals surface area contributed by atoms with Crippen molar-refractivity contribution < 1.29 is 4.39 Å². The molecule has 0 aliphatic heterocycles. The van der Waals surface area contributed by atoms with Crippen molar-refractivity contribution in [2.45, 2.75) is 19.2 Å². The van der Waals surface area contributed by atoms with Crippen LogP contribution in [0.15, 0.2) is 22.7 Å². The summed E-state index contributed by atoms with van der Waals surface area (Å²) in [5.41, 5.74) is 3.26. The quantitative estimate of drug-likeness (QED) is 0.631. The van der Waals surface area contributed by atoms with Crippen LogP contribution in [-0.4, -0.2) is 19.3 Å². The second-order valence-electron chi connectivity index (χ2n) is 4.90. The summed E-state index contributed by atoms with van der Waals surface area (Å²) >= 11 is 9.68. The number of fused-ring (bicyclic) bond motifs is 1. The van der Waals surface area contributed by atoms with Gasteiger partial charge in [-0.1, -0.05) is 0 Å². The van der Waals surface area contributed by atoms with Gasteiger partial charge >= 0.3 is 0 Å². The fourth-order valence-electron chi connectivity index (χ4n) is 2.46. The summed E-state index contributed by atoms with van der Waals surface area (Å²) in [4.78, 5) is 4.61. The Bertz CT molecular complexity index is 837. The molecule has 3 rings (SSSR count). The number of hydrogen-bond acceptors (Lipinski definition) is 2. The molecule has 2 heterocycles. The van der Waals surface area contributed by atoms with E-state index in [0.717, 1.165) is 22.5 Å². The molecule has 0 amide bonds. The van der Waals surface area contributed by atoms with Gasteiger partial charge in [0, 0.05) is 11.5 Å². The van der Waals surface area contributed by atoms with Crippen molar-refractivity contribution in [3.8, 4) is 5.69 Å². The number of halogens is 3. The van der Waals surface area contributed by atoms with E-state index in [2.05, 4.69) is 26.0 Å². The molecule has 0 aliphatic carbocycles. The highest BCUT2D eigenvalue weighted by Crippen LogP contribution is 2.32. The number of rotatable bonds is 2. The number of benzene rings is 1. The maximum atomic E-state index is 13.3. The lowest BCUT2D eigenvalue weighted by Crippen LogP contribution is -2.06. The Labute approximate surface area is 134 Å². The Balaban J connectivity index is 2.41. The van der Waals surface area contributed by atoms with Crippen molar-refractivity contribution in [2.24, 2.45) is 7.05 Å². The predicted octanol–water partition coefficient (Wildman–Crippen LogP) is 4.27. The summed E-state index contributed by atoms with van der Waals surface area (Å²) in [6, 6.07) is 4.54. The van der Waals surface area contributed by atoms with Crippen LogP contribution in [0.4, 0.5) is 4.39 Å². The normalized spacial score (nSPS) is 13.0. The van der Waals surface area contributed by atoms with Crippen LogP contribution < -0.4 is 0 Å². The van der Waals surface area contributed by atoms with Gasteiger partial charge in [0.25, 0.3) is 0 Å². The molecule has 0 bridgehead atoms. The Morgan fingerprint density at radius 3 is 2.71 bits per heavy atom. The van der Waals surface area contributed by atoms with Gasteiger partial charge in [0.05, 0.1) is 16.8 Å². The van der Waals surface area contributed by atoms with Crippen LogP contribution in [0.2, 0.25) is 0 Å². The second-order valence-corrected chi connectivity index (χ2v) is 6.41. The van der Waals surface area contributed by atoms with Crippen molar-refractivity contribution in [3.63, 3.8) is 0 Å². The average Bonchev–Trinajstić information content (AvgIpc) is 2.90. The van der Waals surface area contributed by atoms with Gasteiger partial charge in [0.2, 0.25) is 0 Å². The minimum atomic E-state index is -0.302. The van der Waals surface area contributed by atoms with Crippen molar-refractivity contribution in [1.29, 1.82) is 0 Å². The highest BCUT2D eigenvalue weighted by Gasteiger charge is 2.22. The van der Waals surface area contributed by atoms with Gasteiger partial charge < -0.3 is 0 Å². The number of aromatic nitrogens is 4. The van der Waals surface area contributed by atoms with Crippen LogP contribution in [0, 0.1) is 12.7 Å². The molecule has 0 saturated heterocycles. The maximum absolute atomic E-state index is 13.3. The van der Waals surface area contributed by atoms with E-state index in [1.807, 2.05) is 25.5 Å². The molecule has 110 valence electrons. The van der Waals surface area contributed by atoms with Gasteiger partial charge in [0.15, 0.2) is 5.65 Å². The number of aryl methyl sites for hydroxylation is 2. The van der Waals surface area contributed by atoms with E-state index in [9.17, 15) is 4.39 Å². The SMILES string of the molecule is Cc1nn(C)c2c1nc(C(C)Cl)n2-c1ccc(F)cc1Br. The molecular weight excluding hydrogens is 359 g/mol. The van der Waals surface area contributed by atoms with E-state index in [4.69, 9.17) is 11.6 Å². The minimum absolute atomic E-state index is 0.284. The van der Waals surface area contributed by atoms with Crippen LogP contribution in [0.25, 0.3) is 16.9 Å². The molecule has 1 aromatic carbocycles. The molecule has 4 nitrogen and oxygen atoms in total. The molecule has 3 aromatic rings. The number of imidazole rings is 1. The molecule has 21 heavy (non-hydrogen) atoms. The summed E-state index contributed by atoms with van der Waals surface area (Å²) in [7, 11) is 1.85. The molecule has 7 heteroatoms. The first-order chi connectivity index (χ1) is 9.90. The lowest BCUT2D eigenvalue weighted by Gasteiger charge is -2.12. The highest BCUT2D eigenvalue weighted by atomic mass is 79.9. The molecular formula is C14H13BrClFN4. The van der Waals surface area contributed by atoms with Crippen molar-refractivity contribution in [2.75, 3.05) is 0 Å². The monoisotopic (exact) mass is 370 g/mol. The molecule has 1 unspecified atom stereocenters.